The second kappa shape index (κ2) is 11.0. The maximum Gasteiger partial charge on any atom is 0.295 e. The molecule has 1 atom stereocenters. The van der Waals surface area contributed by atoms with E-state index in [4.69, 9.17) is 25.8 Å². The Bertz CT molecular complexity index is 1370. The minimum absolute atomic E-state index is 0.0490. The highest BCUT2D eigenvalue weighted by Gasteiger charge is 2.46. The lowest BCUT2D eigenvalue weighted by Crippen LogP contribution is -2.29. The first-order valence-electron chi connectivity index (χ1n) is 11.8. The van der Waals surface area contributed by atoms with Crippen molar-refractivity contribution < 1.29 is 28.9 Å². The van der Waals surface area contributed by atoms with Gasteiger partial charge in [-0.05, 0) is 66.9 Å². The third kappa shape index (κ3) is 5.13. The van der Waals surface area contributed by atoms with E-state index in [0.29, 0.717) is 23.7 Å². The van der Waals surface area contributed by atoms with Crippen LogP contribution in [-0.4, -0.2) is 42.5 Å². The third-order valence-corrected chi connectivity index (χ3v) is 6.46. The topological polar surface area (TPSA) is 85.3 Å². The summed E-state index contributed by atoms with van der Waals surface area (Å²) in [5.74, 6) is -0.390. The molecule has 1 N–H and O–H groups in total. The van der Waals surface area contributed by atoms with Crippen LogP contribution in [0.3, 0.4) is 0 Å². The molecule has 3 aromatic rings. The number of amides is 1. The average molecular weight is 522 g/mol. The van der Waals surface area contributed by atoms with Gasteiger partial charge in [-0.25, -0.2) is 0 Å². The zero-order valence-corrected chi connectivity index (χ0v) is 21.8. The maximum absolute atomic E-state index is 13.5. The molecule has 0 aromatic heterocycles. The summed E-state index contributed by atoms with van der Waals surface area (Å²) in [6.07, 6.45) is 0. The van der Waals surface area contributed by atoms with E-state index in [1.54, 1.807) is 55.6 Å². The van der Waals surface area contributed by atoms with Gasteiger partial charge in [-0.3, -0.25) is 9.59 Å². The van der Waals surface area contributed by atoms with Gasteiger partial charge in [-0.2, -0.15) is 0 Å². The molecule has 3 aromatic carbocycles. The lowest BCUT2D eigenvalue weighted by molar-refractivity contribution is -0.140. The van der Waals surface area contributed by atoms with Gasteiger partial charge in [-0.1, -0.05) is 35.9 Å². The Morgan fingerprint density at radius 2 is 1.73 bits per heavy atom. The van der Waals surface area contributed by atoms with Crippen molar-refractivity contribution in [3.8, 4) is 17.2 Å². The molecule has 1 fully saturated rings. The van der Waals surface area contributed by atoms with Gasteiger partial charge in [0.15, 0.2) is 0 Å². The number of likely N-dealkylation sites (tertiary alicyclic amines) is 1. The molecule has 7 nitrogen and oxygen atoms in total. The quantitative estimate of drug-likeness (QED) is 0.233. The van der Waals surface area contributed by atoms with Gasteiger partial charge in [-0.15, -0.1) is 0 Å². The number of aryl methyl sites for hydroxylation is 1. The van der Waals surface area contributed by atoms with Crippen molar-refractivity contribution in [2.45, 2.75) is 26.4 Å². The maximum atomic E-state index is 13.5. The number of benzene rings is 3. The van der Waals surface area contributed by atoms with Gasteiger partial charge < -0.3 is 24.2 Å². The summed E-state index contributed by atoms with van der Waals surface area (Å²) in [6, 6.07) is 16.9. The number of carbonyl (C=O) groups is 2. The summed E-state index contributed by atoms with van der Waals surface area (Å²) in [6.45, 7) is 4.28. The van der Waals surface area contributed by atoms with Crippen LogP contribution >= 0.6 is 11.6 Å². The van der Waals surface area contributed by atoms with E-state index in [9.17, 15) is 14.7 Å². The van der Waals surface area contributed by atoms with Crippen molar-refractivity contribution in [3.05, 3.63) is 93.5 Å². The molecule has 1 aliphatic rings. The highest BCUT2D eigenvalue weighted by atomic mass is 35.5. The summed E-state index contributed by atoms with van der Waals surface area (Å²) in [5.41, 5.74) is 2.37. The van der Waals surface area contributed by atoms with Crippen LogP contribution in [0.2, 0.25) is 5.02 Å². The van der Waals surface area contributed by atoms with Gasteiger partial charge >= 0.3 is 0 Å². The Hall–Kier alpha value is -3.97. The highest BCUT2D eigenvalue weighted by Crippen LogP contribution is 2.43. The number of aliphatic hydroxyl groups is 1. The number of rotatable bonds is 8. The summed E-state index contributed by atoms with van der Waals surface area (Å²) in [5, 5.41) is 11.8. The normalized spacial score (nSPS) is 16.7. The number of ketones is 1. The molecule has 1 saturated heterocycles. The summed E-state index contributed by atoms with van der Waals surface area (Å²) < 4.78 is 16.3. The van der Waals surface area contributed by atoms with E-state index in [1.165, 1.54) is 12.0 Å². The molecule has 0 radical (unpaired) electrons. The number of hydrogen-bond acceptors (Lipinski definition) is 6. The molecule has 0 bridgehead atoms. The van der Waals surface area contributed by atoms with Crippen LogP contribution in [0.5, 0.6) is 17.2 Å². The van der Waals surface area contributed by atoms with Gasteiger partial charge in [0.05, 0.1) is 43.0 Å². The minimum atomic E-state index is -0.869. The number of hydrogen-bond donors (Lipinski definition) is 1. The first-order chi connectivity index (χ1) is 17.8. The molecular formula is C29H28ClNO6. The van der Waals surface area contributed by atoms with Gasteiger partial charge in [0.2, 0.25) is 0 Å². The van der Waals surface area contributed by atoms with Crippen molar-refractivity contribution in [3.63, 3.8) is 0 Å². The minimum Gasteiger partial charge on any atom is -0.507 e. The smallest absolute Gasteiger partial charge is 0.295 e. The first kappa shape index (κ1) is 26.1. The van der Waals surface area contributed by atoms with Gasteiger partial charge in [0.25, 0.3) is 11.7 Å². The molecule has 1 heterocycles. The molecule has 0 spiro atoms. The summed E-state index contributed by atoms with van der Waals surface area (Å²) in [4.78, 5) is 28.3. The SMILES string of the molecule is CCOc1cccc(C2/C(=C(\O)c3cc(C)cc(Cl)c3OC)C(=O)C(=O)N2Cc2ccc(OC)cc2)c1. The van der Waals surface area contributed by atoms with Crippen LogP contribution in [-0.2, 0) is 16.1 Å². The number of Topliss-reactive ketones (excluding diaryl/α,β-unsaturated/α-hetero) is 1. The fraction of sp³-hybridized carbons (Fsp3) is 0.241. The zero-order chi connectivity index (χ0) is 26.7. The van der Waals surface area contributed by atoms with Crippen molar-refractivity contribution in [1.82, 2.24) is 4.90 Å². The molecule has 37 heavy (non-hydrogen) atoms. The van der Waals surface area contributed by atoms with Crippen LogP contribution in [0.25, 0.3) is 5.76 Å². The molecule has 0 aliphatic carbocycles. The molecule has 192 valence electrons. The van der Waals surface area contributed by atoms with Crippen molar-refractivity contribution in [2.75, 3.05) is 20.8 Å². The number of nitrogens with zero attached hydrogens (tertiary/aromatic N) is 1. The van der Waals surface area contributed by atoms with E-state index in [-0.39, 0.29) is 34.2 Å². The Balaban J connectivity index is 1.91. The lowest BCUT2D eigenvalue weighted by Gasteiger charge is -2.26. The Kier molecular flexibility index (Phi) is 7.74. The molecule has 0 saturated carbocycles. The molecular weight excluding hydrogens is 494 g/mol. The number of aliphatic hydroxyl groups excluding tert-OH is 1. The summed E-state index contributed by atoms with van der Waals surface area (Å²) >= 11 is 6.37. The second-order valence-corrected chi connectivity index (χ2v) is 9.02. The van der Waals surface area contributed by atoms with Crippen LogP contribution < -0.4 is 14.2 Å². The second-order valence-electron chi connectivity index (χ2n) is 8.61. The Morgan fingerprint density at radius 1 is 1.00 bits per heavy atom. The number of carbonyl (C=O) groups excluding carboxylic acids is 2. The fourth-order valence-electron chi connectivity index (χ4n) is 4.52. The van der Waals surface area contributed by atoms with Gasteiger partial charge in [0.1, 0.15) is 23.0 Å². The van der Waals surface area contributed by atoms with E-state index in [0.717, 1.165) is 11.1 Å². The fourth-order valence-corrected chi connectivity index (χ4v) is 4.87. The van der Waals surface area contributed by atoms with Crippen LogP contribution in [0.1, 0.15) is 35.2 Å². The van der Waals surface area contributed by atoms with Crippen molar-refractivity contribution >= 4 is 29.1 Å². The Labute approximate surface area is 220 Å². The third-order valence-electron chi connectivity index (χ3n) is 6.18. The molecule has 1 amide bonds. The van der Waals surface area contributed by atoms with Crippen molar-refractivity contribution in [1.29, 1.82) is 0 Å². The molecule has 1 aliphatic heterocycles. The van der Waals surface area contributed by atoms with Gasteiger partial charge in [0, 0.05) is 6.54 Å². The molecule has 8 heteroatoms. The monoisotopic (exact) mass is 521 g/mol. The van der Waals surface area contributed by atoms with E-state index >= 15 is 0 Å². The predicted molar refractivity (Wildman–Crippen MR) is 141 cm³/mol. The number of methoxy groups -OCH3 is 2. The first-order valence-corrected chi connectivity index (χ1v) is 12.1. The predicted octanol–water partition coefficient (Wildman–Crippen LogP) is 5.69. The average Bonchev–Trinajstić information content (AvgIpc) is 3.13. The van der Waals surface area contributed by atoms with Crippen LogP contribution in [0.15, 0.2) is 66.2 Å². The molecule has 4 rings (SSSR count). The largest absolute Gasteiger partial charge is 0.507 e. The summed E-state index contributed by atoms with van der Waals surface area (Å²) in [7, 11) is 3.00. The van der Waals surface area contributed by atoms with E-state index in [1.807, 2.05) is 26.0 Å². The van der Waals surface area contributed by atoms with E-state index in [2.05, 4.69) is 0 Å². The van der Waals surface area contributed by atoms with Crippen LogP contribution in [0, 0.1) is 6.92 Å². The highest BCUT2D eigenvalue weighted by molar-refractivity contribution is 6.46. The molecule has 1 unspecified atom stereocenters. The number of ether oxygens (including phenoxy) is 3. The lowest BCUT2D eigenvalue weighted by atomic mass is 9.94. The zero-order valence-electron chi connectivity index (χ0n) is 21.1. The van der Waals surface area contributed by atoms with Crippen LogP contribution in [0.4, 0.5) is 0 Å². The standard InChI is InChI=1S/C29H28ClNO6/c1-5-37-21-8-6-7-19(15-21)25-24(26(32)22-13-17(2)14-23(30)28(22)36-4)27(33)29(34)31(25)16-18-9-11-20(35-3)12-10-18/h6-15,25,32H,5,16H2,1-4H3/b26-24+. The van der Waals surface area contributed by atoms with E-state index < -0.39 is 17.7 Å². The van der Waals surface area contributed by atoms with Crippen molar-refractivity contribution in [2.24, 2.45) is 0 Å². The number of halogens is 1. The Morgan fingerprint density at radius 3 is 2.38 bits per heavy atom.